The molecule has 2 N–H and O–H groups in total. The van der Waals surface area contributed by atoms with Crippen LogP contribution < -0.4 is 5.32 Å². The van der Waals surface area contributed by atoms with Crippen LogP contribution in [0.1, 0.15) is 37.7 Å². The highest BCUT2D eigenvalue weighted by molar-refractivity contribution is 5.76. The molecule has 0 spiro atoms. The van der Waals surface area contributed by atoms with Gasteiger partial charge in [0.2, 0.25) is 0 Å². The average molecular weight is 292 g/mol. The van der Waals surface area contributed by atoms with Crippen molar-refractivity contribution >= 4 is 12.1 Å². The van der Waals surface area contributed by atoms with Crippen LogP contribution in [0.25, 0.3) is 0 Å². The Balaban J connectivity index is 1.93. The van der Waals surface area contributed by atoms with E-state index in [-0.39, 0.29) is 6.61 Å². The van der Waals surface area contributed by atoms with Gasteiger partial charge in [-0.05, 0) is 18.4 Å². The maximum Gasteiger partial charge on any atom is 0.407 e. The monoisotopic (exact) mass is 292 g/mol. The van der Waals surface area contributed by atoms with Crippen LogP contribution in [0.3, 0.4) is 0 Å². The Hall–Kier alpha value is -2.04. The molecule has 115 valence electrons. The maximum atomic E-state index is 11.4. The minimum atomic E-state index is -0.863. The number of amides is 1. The van der Waals surface area contributed by atoms with Crippen molar-refractivity contribution in [3.63, 3.8) is 0 Å². The van der Waals surface area contributed by atoms with Crippen LogP contribution in [-0.2, 0) is 16.1 Å². The lowest BCUT2D eigenvalue weighted by Crippen LogP contribution is -2.25. The summed E-state index contributed by atoms with van der Waals surface area (Å²) in [6.07, 6.45) is 5.13. The smallest absolute Gasteiger partial charge is 0.407 e. The van der Waals surface area contributed by atoms with E-state index in [2.05, 4.69) is 5.32 Å². The van der Waals surface area contributed by atoms with Crippen molar-refractivity contribution in [2.75, 3.05) is 6.54 Å². The lowest BCUT2D eigenvalue weighted by atomic mass is 10.1. The Labute approximate surface area is 125 Å². The molecular weight excluding hydrogens is 270 g/mol. The van der Waals surface area contributed by atoms with E-state index in [1.165, 1.54) is 6.42 Å². The SMILES string of the molecule is O=C(O)[CH]CCCCCCNC(=O)OCc1ccccc1. The molecule has 0 aliphatic heterocycles. The molecule has 0 atom stereocenters. The summed E-state index contributed by atoms with van der Waals surface area (Å²) in [6.45, 7) is 0.855. The average Bonchev–Trinajstić information content (AvgIpc) is 2.48. The fourth-order valence-electron chi connectivity index (χ4n) is 1.81. The molecule has 1 radical (unpaired) electrons. The standard InChI is InChI=1S/C16H22NO4/c18-15(19)11-7-2-1-3-8-12-17-16(20)21-13-14-9-5-4-6-10-14/h4-6,9-11H,1-3,7-8,12-13H2,(H,17,20)(H,18,19). The predicted octanol–water partition coefficient (Wildman–Crippen LogP) is 3.15. The molecule has 1 aromatic carbocycles. The zero-order chi connectivity index (χ0) is 15.3. The number of aliphatic carboxylic acids is 1. The van der Waals surface area contributed by atoms with Gasteiger partial charge in [0.05, 0.1) is 6.42 Å². The number of carboxylic acid groups (broad SMARTS) is 1. The van der Waals surface area contributed by atoms with E-state index in [1.807, 2.05) is 30.3 Å². The number of carbonyl (C=O) groups excluding carboxylic acids is 1. The first-order valence-corrected chi connectivity index (χ1v) is 7.19. The lowest BCUT2D eigenvalue weighted by Gasteiger charge is -2.07. The summed E-state index contributed by atoms with van der Waals surface area (Å²) in [6, 6.07) is 9.53. The Bertz CT molecular complexity index is 420. The van der Waals surface area contributed by atoms with Crippen LogP contribution in [0.4, 0.5) is 4.79 Å². The van der Waals surface area contributed by atoms with Crippen molar-refractivity contribution in [1.29, 1.82) is 0 Å². The fraction of sp³-hybridized carbons (Fsp3) is 0.438. The molecule has 0 heterocycles. The second kappa shape index (κ2) is 10.7. The van der Waals surface area contributed by atoms with Crippen molar-refractivity contribution in [2.24, 2.45) is 0 Å². The normalized spacial score (nSPS) is 10.1. The second-order valence-electron chi connectivity index (χ2n) is 4.73. The van der Waals surface area contributed by atoms with E-state index >= 15 is 0 Å². The van der Waals surface area contributed by atoms with Crippen molar-refractivity contribution in [2.45, 2.75) is 38.7 Å². The Morgan fingerprint density at radius 3 is 2.52 bits per heavy atom. The molecule has 0 aliphatic rings. The first kappa shape index (κ1) is 17.0. The Morgan fingerprint density at radius 1 is 1.10 bits per heavy atom. The van der Waals surface area contributed by atoms with Gasteiger partial charge in [-0.25, -0.2) is 4.79 Å². The van der Waals surface area contributed by atoms with Gasteiger partial charge in [-0.15, -0.1) is 0 Å². The number of nitrogens with one attached hydrogen (secondary N) is 1. The third-order valence-corrected chi connectivity index (χ3v) is 2.93. The molecule has 0 unspecified atom stereocenters. The number of unbranched alkanes of at least 4 members (excludes halogenated alkanes) is 4. The molecule has 0 saturated heterocycles. The van der Waals surface area contributed by atoms with Gasteiger partial charge in [-0.1, -0.05) is 49.6 Å². The van der Waals surface area contributed by atoms with Crippen LogP contribution in [0.2, 0.25) is 0 Å². The third kappa shape index (κ3) is 9.49. The number of hydrogen-bond donors (Lipinski definition) is 2. The lowest BCUT2D eigenvalue weighted by molar-refractivity contribution is -0.133. The van der Waals surface area contributed by atoms with Gasteiger partial charge >= 0.3 is 12.1 Å². The summed E-state index contributed by atoms with van der Waals surface area (Å²) in [7, 11) is 0. The number of rotatable bonds is 10. The van der Waals surface area contributed by atoms with E-state index in [0.29, 0.717) is 13.0 Å². The topological polar surface area (TPSA) is 75.6 Å². The second-order valence-corrected chi connectivity index (χ2v) is 4.73. The van der Waals surface area contributed by atoms with Gasteiger partial charge < -0.3 is 15.2 Å². The van der Waals surface area contributed by atoms with E-state index in [1.54, 1.807) is 0 Å². The highest BCUT2D eigenvalue weighted by Crippen LogP contribution is 2.04. The minimum Gasteiger partial charge on any atom is -0.481 e. The van der Waals surface area contributed by atoms with Crippen LogP contribution >= 0.6 is 0 Å². The van der Waals surface area contributed by atoms with E-state index in [4.69, 9.17) is 9.84 Å². The highest BCUT2D eigenvalue weighted by atomic mass is 16.5. The van der Waals surface area contributed by atoms with Crippen LogP contribution in [-0.4, -0.2) is 23.7 Å². The van der Waals surface area contributed by atoms with Gasteiger partial charge in [0, 0.05) is 6.54 Å². The Kier molecular flexibility index (Phi) is 8.68. The number of alkyl carbamates (subject to hydrolysis) is 1. The maximum absolute atomic E-state index is 11.4. The van der Waals surface area contributed by atoms with Crippen LogP contribution in [0, 0.1) is 6.42 Å². The van der Waals surface area contributed by atoms with E-state index in [9.17, 15) is 9.59 Å². The largest absolute Gasteiger partial charge is 0.481 e. The molecule has 0 aromatic heterocycles. The summed E-state index contributed by atoms with van der Waals surface area (Å²) < 4.78 is 5.08. The number of benzene rings is 1. The number of hydrogen-bond acceptors (Lipinski definition) is 3. The first-order chi connectivity index (χ1) is 10.2. The minimum absolute atomic E-state index is 0.275. The van der Waals surface area contributed by atoms with Gasteiger partial charge in [0.25, 0.3) is 0 Å². The summed E-state index contributed by atoms with van der Waals surface area (Å²) in [4.78, 5) is 21.7. The van der Waals surface area contributed by atoms with Crippen LogP contribution in [0.15, 0.2) is 30.3 Å². The predicted molar refractivity (Wildman–Crippen MR) is 79.7 cm³/mol. The van der Waals surface area contributed by atoms with Crippen molar-refractivity contribution in [3.05, 3.63) is 42.3 Å². The zero-order valence-corrected chi connectivity index (χ0v) is 12.1. The molecule has 0 aliphatic carbocycles. The highest BCUT2D eigenvalue weighted by Gasteiger charge is 2.01. The van der Waals surface area contributed by atoms with Crippen molar-refractivity contribution in [1.82, 2.24) is 5.32 Å². The van der Waals surface area contributed by atoms with Crippen molar-refractivity contribution in [3.8, 4) is 0 Å². The molecule has 0 fully saturated rings. The third-order valence-electron chi connectivity index (χ3n) is 2.93. The van der Waals surface area contributed by atoms with Crippen LogP contribution in [0.5, 0.6) is 0 Å². The molecule has 0 saturated carbocycles. The summed E-state index contributed by atoms with van der Waals surface area (Å²) in [5, 5.41) is 11.1. The van der Waals surface area contributed by atoms with Gasteiger partial charge in [0.1, 0.15) is 6.61 Å². The molecule has 21 heavy (non-hydrogen) atoms. The molecule has 5 heteroatoms. The molecular formula is C16H22NO4. The van der Waals surface area contributed by atoms with Gasteiger partial charge in [0.15, 0.2) is 0 Å². The Morgan fingerprint density at radius 2 is 1.81 bits per heavy atom. The summed E-state index contributed by atoms with van der Waals surface area (Å²) >= 11 is 0. The van der Waals surface area contributed by atoms with Gasteiger partial charge in [-0.3, -0.25) is 4.79 Å². The van der Waals surface area contributed by atoms with Gasteiger partial charge in [-0.2, -0.15) is 0 Å². The van der Waals surface area contributed by atoms with E-state index < -0.39 is 12.1 Å². The summed E-state index contributed by atoms with van der Waals surface area (Å²) in [5.41, 5.74) is 0.960. The number of carboxylic acids is 1. The van der Waals surface area contributed by atoms with E-state index in [0.717, 1.165) is 31.2 Å². The quantitative estimate of drug-likeness (QED) is 0.649. The molecule has 1 rings (SSSR count). The first-order valence-electron chi connectivity index (χ1n) is 7.19. The zero-order valence-electron chi connectivity index (χ0n) is 12.1. The number of ether oxygens (including phenoxy) is 1. The van der Waals surface area contributed by atoms with Crippen molar-refractivity contribution < 1.29 is 19.4 Å². The number of carbonyl (C=O) groups is 2. The molecule has 1 aromatic rings. The molecule has 1 amide bonds. The fourth-order valence-corrected chi connectivity index (χ4v) is 1.81. The molecule has 0 bridgehead atoms. The summed E-state index contributed by atoms with van der Waals surface area (Å²) in [5.74, 6) is -0.863. The molecule has 5 nitrogen and oxygen atoms in total.